The highest BCUT2D eigenvalue weighted by Gasteiger charge is 2.36. The van der Waals surface area contributed by atoms with Crippen LogP contribution in [-0.2, 0) is 10.9 Å². The molecule has 0 aromatic carbocycles. The molecule has 102 valence electrons. The molecule has 0 bridgehead atoms. The normalized spacial score (nSPS) is 11.8. The number of carbonyl (C=O) groups is 1. The highest BCUT2D eigenvalue weighted by molar-refractivity contribution is 5.87. The number of hydrogen-bond donors (Lipinski definition) is 0. The van der Waals surface area contributed by atoms with Crippen LogP contribution in [0.4, 0.5) is 13.2 Å². The second kappa shape index (κ2) is 4.48. The Bertz CT molecular complexity index is 635. The van der Waals surface area contributed by atoms with Crippen LogP contribution in [0.1, 0.15) is 28.9 Å². The lowest BCUT2D eigenvalue weighted by Crippen LogP contribution is -2.10. The average molecular weight is 274 g/mol. The summed E-state index contributed by atoms with van der Waals surface area (Å²) in [4.78, 5) is 18.4. The van der Waals surface area contributed by atoms with E-state index in [4.69, 9.17) is 4.74 Å². The number of nitrogens with zero attached hydrogens (tertiary/aromatic N) is 4. The van der Waals surface area contributed by atoms with Crippen LogP contribution < -0.4 is 0 Å². The zero-order chi connectivity index (χ0) is 14.2. The van der Waals surface area contributed by atoms with Crippen molar-refractivity contribution in [3.8, 4) is 0 Å². The minimum absolute atomic E-state index is 0.104. The Morgan fingerprint density at radius 1 is 1.42 bits per heavy atom. The van der Waals surface area contributed by atoms with Crippen molar-refractivity contribution in [3.63, 3.8) is 0 Å². The molecule has 0 aliphatic heterocycles. The topological polar surface area (TPSA) is 69.4 Å². The number of hydrogen-bond acceptors (Lipinski definition) is 5. The van der Waals surface area contributed by atoms with Gasteiger partial charge in [-0.2, -0.15) is 18.2 Å². The van der Waals surface area contributed by atoms with Gasteiger partial charge in [0.05, 0.1) is 6.61 Å². The quantitative estimate of drug-likeness (QED) is 0.778. The molecule has 0 aliphatic carbocycles. The van der Waals surface area contributed by atoms with Crippen LogP contribution in [0.15, 0.2) is 6.07 Å². The molecule has 0 saturated heterocycles. The summed E-state index contributed by atoms with van der Waals surface area (Å²) in [6.07, 6.45) is -4.66. The third-order valence-electron chi connectivity index (χ3n) is 2.23. The van der Waals surface area contributed by atoms with Gasteiger partial charge in [0.25, 0.3) is 11.6 Å². The fraction of sp³-hybridized carbons (Fsp3) is 0.400. The number of alkyl halides is 3. The Morgan fingerprint density at radius 3 is 2.68 bits per heavy atom. The van der Waals surface area contributed by atoms with Crippen molar-refractivity contribution in [3.05, 3.63) is 23.3 Å². The van der Waals surface area contributed by atoms with Gasteiger partial charge in [-0.15, -0.1) is 5.10 Å². The number of ether oxygens (including phenoxy) is 1. The van der Waals surface area contributed by atoms with Gasteiger partial charge in [0.15, 0.2) is 5.69 Å². The van der Waals surface area contributed by atoms with Gasteiger partial charge in [-0.25, -0.2) is 14.3 Å². The Balaban J connectivity index is 2.54. The molecular weight excluding hydrogens is 265 g/mol. The molecule has 6 nitrogen and oxygen atoms in total. The zero-order valence-electron chi connectivity index (χ0n) is 10.0. The van der Waals surface area contributed by atoms with Crippen LogP contribution in [0, 0.1) is 6.92 Å². The van der Waals surface area contributed by atoms with Crippen LogP contribution in [0.5, 0.6) is 0 Å². The second-order valence-electron chi connectivity index (χ2n) is 3.65. The minimum Gasteiger partial charge on any atom is -0.461 e. The summed E-state index contributed by atoms with van der Waals surface area (Å²) < 4.78 is 43.1. The largest absolute Gasteiger partial charge is 0.461 e. The van der Waals surface area contributed by atoms with Crippen LogP contribution in [-0.4, -0.2) is 32.2 Å². The highest BCUT2D eigenvalue weighted by Crippen LogP contribution is 2.26. The lowest BCUT2D eigenvalue weighted by molar-refractivity contribution is -0.144. The lowest BCUT2D eigenvalue weighted by Gasteiger charge is -2.02. The van der Waals surface area contributed by atoms with E-state index in [1.807, 2.05) is 0 Å². The Labute approximate surface area is 105 Å². The summed E-state index contributed by atoms with van der Waals surface area (Å²) in [5.41, 5.74) is 0.198. The predicted octanol–water partition coefficient (Wildman–Crippen LogP) is 1.63. The summed E-state index contributed by atoms with van der Waals surface area (Å²) in [6.45, 7) is 3.25. The number of carbonyl (C=O) groups excluding carboxylic acids is 1. The van der Waals surface area contributed by atoms with E-state index in [-0.39, 0.29) is 18.1 Å². The molecule has 2 aromatic rings. The van der Waals surface area contributed by atoms with E-state index < -0.39 is 18.0 Å². The van der Waals surface area contributed by atoms with Gasteiger partial charge in [0.1, 0.15) is 0 Å². The summed E-state index contributed by atoms with van der Waals surface area (Å²) in [5.74, 6) is -2.32. The van der Waals surface area contributed by atoms with E-state index in [0.717, 1.165) is 4.52 Å². The van der Waals surface area contributed by atoms with Gasteiger partial charge >= 0.3 is 12.1 Å². The molecule has 2 rings (SSSR count). The molecule has 2 heterocycles. The van der Waals surface area contributed by atoms with Gasteiger partial charge in [-0.1, -0.05) is 0 Å². The first-order chi connectivity index (χ1) is 8.82. The third kappa shape index (κ3) is 2.49. The summed E-state index contributed by atoms with van der Waals surface area (Å²) in [5, 5.41) is 3.30. The first-order valence-corrected chi connectivity index (χ1v) is 5.31. The zero-order valence-corrected chi connectivity index (χ0v) is 10.0. The number of aryl methyl sites for hydroxylation is 1. The van der Waals surface area contributed by atoms with Crippen LogP contribution >= 0.6 is 0 Å². The molecule has 0 fully saturated rings. The summed E-state index contributed by atoms with van der Waals surface area (Å²) >= 11 is 0. The predicted molar refractivity (Wildman–Crippen MR) is 56.5 cm³/mol. The van der Waals surface area contributed by atoms with Crippen molar-refractivity contribution in [2.45, 2.75) is 20.0 Å². The first kappa shape index (κ1) is 13.2. The molecule has 2 aromatic heterocycles. The summed E-state index contributed by atoms with van der Waals surface area (Å²) in [7, 11) is 0. The van der Waals surface area contributed by atoms with E-state index in [0.29, 0.717) is 5.69 Å². The molecule has 19 heavy (non-hydrogen) atoms. The third-order valence-corrected chi connectivity index (χ3v) is 2.23. The van der Waals surface area contributed by atoms with E-state index in [2.05, 4.69) is 15.1 Å². The number of rotatable bonds is 2. The van der Waals surface area contributed by atoms with E-state index in [1.165, 1.54) is 13.0 Å². The van der Waals surface area contributed by atoms with Gasteiger partial charge in [-0.3, -0.25) is 0 Å². The van der Waals surface area contributed by atoms with Gasteiger partial charge in [0.2, 0.25) is 0 Å². The molecule has 0 aliphatic rings. The Morgan fingerprint density at radius 2 is 2.11 bits per heavy atom. The van der Waals surface area contributed by atoms with Crippen molar-refractivity contribution in [2.75, 3.05) is 6.61 Å². The minimum atomic E-state index is -4.66. The summed E-state index contributed by atoms with van der Waals surface area (Å²) in [6, 6.07) is 1.29. The molecule has 0 unspecified atom stereocenters. The Kier molecular flexibility index (Phi) is 3.13. The number of halogens is 3. The van der Waals surface area contributed by atoms with Gasteiger partial charge < -0.3 is 4.74 Å². The van der Waals surface area contributed by atoms with Crippen LogP contribution in [0.25, 0.3) is 5.78 Å². The molecule has 0 radical (unpaired) electrons. The lowest BCUT2D eigenvalue weighted by atomic mass is 10.3. The number of fused-ring (bicyclic) bond motifs is 1. The van der Waals surface area contributed by atoms with E-state index in [9.17, 15) is 18.0 Å². The first-order valence-electron chi connectivity index (χ1n) is 5.31. The smallest absolute Gasteiger partial charge is 0.453 e. The maximum atomic E-state index is 12.5. The molecule has 9 heteroatoms. The standard InChI is InChI=1S/C10H9F3N4O2/c1-3-19-7(18)6-4-5(2)17-9(14-6)15-8(16-17)10(11,12)13/h4H,3H2,1-2H3. The molecule has 0 N–H and O–H groups in total. The van der Waals surface area contributed by atoms with Gasteiger partial charge in [0, 0.05) is 5.69 Å². The highest BCUT2D eigenvalue weighted by atomic mass is 19.4. The fourth-order valence-electron chi connectivity index (χ4n) is 1.44. The van der Waals surface area contributed by atoms with Crippen molar-refractivity contribution in [1.82, 2.24) is 19.6 Å². The number of aromatic nitrogens is 4. The van der Waals surface area contributed by atoms with Crippen LogP contribution in [0.3, 0.4) is 0 Å². The van der Waals surface area contributed by atoms with Crippen molar-refractivity contribution in [1.29, 1.82) is 0 Å². The molecule has 0 atom stereocenters. The molecule has 0 saturated carbocycles. The second-order valence-corrected chi connectivity index (χ2v) is 3.65. The average Bonchev–Trinajstić information content (AvgIpc) is 2.73. The fourth-order valence-corrected chi connectivity index (χ4v) is 1.44. The van der Waals surface area contributed by atoms with E-state index >= 15 is 0 Å². The van der Waals surface area contributed by atoms with Crippen molar-refractivity contribution in [2.24, 2.45) is 0 Å². The maximum Gasteiger partial charge on any atom is 0.453 e. The SMILES string of the molecule is CCOC(=O)c1cc(C)n2nc(C(F)(F)F)nc2n1. The maximum absolute atomic E-state index is 12.5. The Hall–Kier alpha value is -2.19. The molecule has 0 amide bonds. The molecule has 0 spiro atoms. The number of esters is 1. The van der Waals surface area contributed by atoms with Crippen molar-refractivity contribution >= 4 is 11.7 Å². The van der Waals surface area contributed by atoms with Crippen molar-refractivity contribution < 1.29 is 22.7 Å². The van der Waals surface area contributed by atoms with Crippen LogP contribution in [0.2, 0.25) is 0 Å². The molecular formula is C10H9F3N4O2. The monoisotopic (exact) mass is 274 g/mol. The van der Waals surface area contributed by atoms with E-state index in [1.54, 1.807) is 6.92 Å². The van der Waals surface area contributed by atoms with Gasteiger partial charge in [-0.05, 0) is 19.9 Å².